The third kappa shape index (κ3) is 5.84. The third-order valence-electron chi connectivity index (χ3n) is 5.80. The Morgan fingerprint density at radius 1 is 0.806 bits per heavy atom. The van der Waals surface area contributed by atoms with Crippen molar-refractivity contribution >= 4 is 22.6 Å². The number of carbonyl (C=O) groups is 2. The molecule has 6 heteroatoms. The highest BCUT2D eigenvalue weighted by Crippen LogP contribution is 2.37. The van der Waals surface area contributed by atoms with Gasteiger partial charge in [0.1, 0.15) is 17.2 Å². The molecule has 0 saturated carbocycles. The molecule has 4 aromatic carbocycles. The fourth-order valence-electron chi connectivity index (χ4n) is 3.90. The van der Waals surface area contributed by atoms with Crippen molar-refractivity contribution in [2.75, 3.05) is 13.7 Å². The lowest BCUT2D eigenvalue weighted by atomic mass is 9.92. The van der Waals surface area contributed by atoms with Crippen LogP contribution in [0.4, 0.5) is 0 Å². The number of esters is 1. The number of benzene rings is 4. The average Bonchev–Trinajstić information content (AvgIpc) is 2.91. The first-order valence-corrected chi connectivity index (χ1v) is 11.8. The van der Waals surface area contributed by atoms with Gasteiger partial charge in [-0.2, -0.15) is 0 Å². The van der Waals surface area contributed by atoms with E-state index in [-0.39, 0.29) is 18.4 Å². The maximum atomic E-state index is 12.9. The van der Waals surface area contributed by atoms with Crippen LogP contribution in [-0.4, -0.2) is 25.6 Å². The first-order chi connectivity index (χ1) is 17.5. The summed E-state index contributed by atoms with van der Waals surface area (Å²) in [6.07, 6.45) is 0. The molecule has 0 aliphatic rings. The molecule has 0 bridgehead atoms. The molecule has 36 heavy (non-hydrogen) atoms. The summed E-state index contributed by atoms with van der Waals surface area (Å²) in [6.45, 7) is 3.43. The Labute approximate surface area is 210 Å². The van der Waals surface area contributed by atoms with E-state index in [0.717, 1.165) is 16.3 Å². The number of hydrogen-bond donors (Lipinski definition) is 1. The normalized spacial score (nSPS) is 11.7. The predicted octanol–water partition coefficient (Wildman–Crippen LogP) is 5.69. The molecule has 0 aliphatic heterocycles. The van der Waals surface area contributed by atoms with Crippen LogP contribution in [0.15, 0.2) is 91.0 Å². The Bertz CT molecular complexity index is 1330. The Balaban J connectivity index is 1.75. The maximum absolute atomic E-state index is 12.9. The summed E-state index contributed by atoms with van der Waals surface area (Å²) in [6, 6.07) is 27.5. The van der Waals surface area contributed by atoms with Crippen molar-refractivity contribution in [1.82, 2.24) is 5.32 Å². The topological polar surface area (TPSA) is 73.9 Å². The molecule has 1 atom stereocenters. The molecule has 6 nitrogen and oxygen atoms in total. The summed E-state index contributed by atoms with van der Waals surface area (Å²) >= 11 is 0. The van der Waals surface area contributed by atoms with Gasteiger partial charge in [0.05, 0.1) is 13.2 Å². The lowest BCUT2D eigenvalue weighted by Gasteiger charge is -2.25. The zero-order valence-corrected chi connectivity index (χ0v) is 20.6. The van der Waals surface area contributed by atoms with Crippen molar-refractivity contribution in [2.45, 2.75) is 19.9 Å². The number of para-hydroxylation sites is 1. The van der Waals surface area contributed by atoms with Gasteiger partial charge in [-0.3, -0.25) is 4.79 Å². The van der Waals surface area contributed by atoms with E-state index in [1.165, 1.54) is 0 Å². The van der Waals surface area contributed by atoms with Gasteiger partial charge in [0.15, 0.2) is 6.61 Å². The second kappa shape index (κ2) is 11.4. The van der Waals surface area contributed by atoms with Crippen LogP contribution >= 0.6 is 0 Å². The van der Waals surface area contributed by atoms with Crippen molar-refractivity contribution in [3.63, 3.8) is 0 Å². The van der Waals surface area contributed by atoms with Crippen LogP contribution in [0.25, 0.3) is 10.8 Å². The fourth-order valence-corrected chi connectivity index (χ4v) is 3.90. The number of carbonyl (C=O) groups excluding carboxylic acids is 2. The molecular formula is C30H29NO5. The number of fused-ring (bicyclic) bond motifs is 1. The quantitative estimate of drug-likeness (QED) is 0.244. The summed E-state index contributed by atoms with van der Waals surface area (Å²) in [4.78, 5) is 25.7. The van der Waals surface area contributed by atoms with Crippen LogP contribution < -0.4 is 19.5 Å². The van der Waals surface area contributed by atoms with E-state index in [2.05, 4.69) is 5.32 Å². The lowest BCUT2D eigenvalue weighted by molar-refractivity contribution is -0.136. The molecule has 4 rings (SSSR count). The van der Waals surface area contributed by atoms with Crippen LogP contribution in [-0.2, 0) is 9.59 Å². The summed E-state index contributed by atoms with van der Waals surface area (Å²) in [5.41, 5.74) is 1.53. The van der Waals surface area contributed by atoms with Crippen molar-refractivity contribution < 1.29 is 23.8 Å². The van der Waals surface area contributed by atoms with Gasteiger partial charge in [-0.15, -0.1) is 0 Å². The largest absolute Gasteiger partial charge is 0.497 e. The summed E-state index contributed by atoms with van der Waals surface area (Å²) < 4.78 is 16.7. The highest BCUT2D eigenvalue weighted by molar-refractivity contribution is 5.91. The Morgan fingerprint density at radius 2 is 1.50 bits per heavy atom. The lowest BCUT2D eigenvalue weighted by Crippen LogP contribution is -2.33. The van der Waals surface area contributed by atoms with Gasteiger partial charge in [-0.05, 0) is 46.7 Å². The standard InChI is InChI=1S/C30H29NO5/c1-20(2)30(33)31-29(22-13-16-23(34-3)17-14-22)28-25-12-8-7-9-21(25)15-18-26(28)36-27(32)19-35-24-10-5-4-6-11-24/h4-18,20,29H,19H2,1-3H3,(H,31,33). The SMILES string of the molecule is COc1ccc(C(NC(=O)C(C)C)c2c(OC(=O)COc3ccccc3)ccc3ccccc23)cc1. The van der Waals surface area contributed by atoms with Crippen molar-refractivity contribution in [3.8, 4) is 17.2 Å². The molecule has 0 spiro atoms. The van der Waals surface area contributed by atoms with E-state index < -0.39 is 12.0 Å². The number of methoxy groups -OCH3 is 1. The van der Waals surface area contributed by atoms with E-state index in [9.17, 15) is 9.59 Å². The van der Waals surface area contributed by atoms with E-state index in [1.54, 1.807) is 25.3 Å². The summed E-state index contributed by atoms with van der Waals surface area (Å²) in [5, 5.41) is 4.98. The van der Waals surface area contributed by atoms with E-state index in [0.29, 0.717) is 22.8 Å². The van der Waals surface area contributed by atoms with Crippen LogP contribution in [0.3, 0.4) is 0 Å². The average molecular weight is 484 g/mol. The number of rotatable bonds is 9. The van der Waals surface area contributed by atoms with Gasteiger partial charge in [0, 0.05) is 11.5 Å². The Kier molecular flexibility index (Phi) is 7.85. The minimum atomic E-state index is -0.560. The van der Waals surface area contributed by atoms with E-state index in [1.807, 2.05) is 86.6 Å². The van der Waals surface area contributed by atoms with E-state index >= 15 is 0 Å². The monoisotopic (exact) mass is 483 g/mol. The molecule has 0 aromatic heterocycles. The molecule has 1 amide bonds. The number of amides is 1. The summed E-state index contributed by atoms with van der Waals surface area (Å²) in [5.74, 6) is 0.752. The Hall–Kier alpha value is -4.32. The molecule has 184 valence electrons. The first-order valence-electron chi connectivity index (χ1n) is 11.8. The fraction of sp³-hybridized carbons (Fsp3) is 0.200. The predicted molar refractivity (Wildman–Crippen MR) is 139 cm³/mol. The minimum Gasteiger partial charge on any atom is -0.497 e. The molecule has 0 aliphatic carbocycles. The van der Waals surface area contributed by atoms with Crippen molar-refractivity contribution in [2.24, 2.45) is 5.92 Å². The molecule has 0 saturated heterocycles. The zero-order valence-electron chi connectivity index (χ0n) is 20.6. The number of nitrogens with one attached hydrogen (secondary N) is 1. The van der Waals surface area contributed by atoms with Gasteiger partial charge >= 0.3 is 5.97 Å². The van der Waals surface area contributed by atoms with E-state index in [4.69, 9.17) is 14.2 Å². The molecule has 1 unspecified atom stereocenters. The van der Waals surface area contributed by atoms with Gasteiger partial charge in [-0.25, -0.2) is 4.79 Å². The third-order valence-corrected chi connectivity index (χ3v) is 5.80. The summed E-state index contributed by atoms with van der Waals surface area (Å²) in [7, 11) is 1.60. The molecule has 0 heterocycles. The smallest absolute Gasteiger partial charge is 0.349 e. The second-order valence-corrected chi connectivity index (χ2v) is 8.64. The Morgan fingerprint density at radius 3 is 2.19 bits per heavy atom. The van der Waals surface area contributed by atoms with Gasteiger partial charge in [0.2, 0.25) is 5.91 Å². The van der Waals surface area contributed by atoms with Gasteiger partial charge in [0.25, 0.3) is 0 Å². The van der Waals surface area contributed by atoms with Crippen LogP contribution in [0.1, 0.15) is 31.0 Å². The van der Waals surface area contributed by atoms with Gasteiger partial charge < -0.3 is 19.5 Å². The highest BCUT2D eigenvalue weighted by atomic mass is 16.6. The zero-order chi connectivity index (χ0) is 25.5. The van der Waals surface area contributed by atoms with Crippen LogP contribution in [0.5, 0.6) is 17.2 Å². The maximum Gasteiger partial charge on any atom is 0.349 e. The molecule has 0 fully saturated rings. The van der Waals surface area contributed by atoms with Crippen LogP contribution in [0.2, 0.25) is 0 Å². The molecule has 4 aromatic rings. The van der Waals surface area contributed by atoms with Crippen LogP contribution in [0, 0.1) is 5.92 Å². The highest BCUT2D eigenvalue weighted by Gasteiger charge is 2.25. The first kappa shape index (κ1) is 24.8. The number of ether oxygens (including phenoxy) is 3. The molecular weight excluding hydrogens is 454 g/mol. The minimum absolute atomic E-state index is 0.117. The van der Waals surface area contributed by atoms with Gasteiger partial charge in [-0.1, -0.05) is 74.5 Å². The second-order valence-electron chi connectivity index (χ2n) is 8.64. The van der Waals surface area contributed by atoms with Crippen molar-refractivity contribution in [3.05, 3.63) is 102 Å². The molecule has 0 radical (unpaired) electrons. The van der Waals surface area contributed by atoms with Crippen molar-refractivity contribution in [1.29, 1.82) is 0 Å². The molecule has 1 N–H and O–H groups in total. The number of hydrogen-bond acceptors (Lipinski definition) is 5.